The largest absolute Gasteiger partial charge is 0.355 e. The van der Waals surface area contributed by atoms with Gasteiger partial charge < -0.3 is 16.0 Å². The predicted molar refractivity (Wildman–Crippen MR) is 95.2 cm³/mol. The Kier molecular flexibility index (Phi) is 6.01. The van der Waals surface area contributed by atoms with Gasteiger partial charge in [-0.25, -0.2) is 4.98 Å². The Morgan fingerprint density at radius 2 is 2.04 bits per heavy atom. The zero-order chi connectivity index (χ0) is 17.6. The molecule has 0 spiro atoms. The van der Waals surface area contributed by atoms with Gasteiger partial charge in [0.25, 0.3) is 0 Å². The lowest BCUT2D eigenvalue weighted by Gasteiger charge is -2.21. The Morgan fingerprint density at radius 3 is 2.76 bits per heavy atom. The highest BCUT2D eigenvalue weighted by Gasteiger charge is 2.27. The first-order valence-corrected chi connectivity index (χ1v) is 9.79. The Bertz CT molecular complexity index is 640. The van der Waals surface area contributed by atoms with Gasteiger partial charge in [0.2, 0.25) is 17.7 Å². The van der Waals surface area contributed by atoms with E-state index in [9.17, 15) is 14.4 Å². The molecular formula is C17H24N4O3S. The number of hydrogen-bond donors (Lipinski definition) is 3. The second-order valence-corrected chi connectivity index (χ2v) is 7.64. The Morgan fingerprint density at radius 1 is 1.24 bits per heavy atom. The van der Waals surface area contributed by atoms with Crippen molar-refractivity contribution in [2.24, 2.45) is 5.92 Å². The normalized spacial score (nSPS) is 21.0. The molecular weight excluding hydrogens is 340 g/mol. The second kappa shape index (κ2) is 8.42. The van der Waals surface area contributed by atoms with Crippen LogP contribution in [0.1, 0.15) is 50.6 Å². The van der Waals surface area contributed by atoms with E-state index in [0.717, 1.165) is 6.54 Å². The van der Waals surface area contributed by atoms with Crippen LogP contribution in [-0.2, 0) is 20.8 Å². The minimum absolute atomic E-state index is 0.0307. The third-order valence-electron chi connectivity index (χ3n) is 4.75. The quantitative estimate of drug-likeness (QED) is 0.714. The fourth-order valence-corrected chi connectivity index (χ4v) is 4.04. The highest BCUT2D eigenvalue weighted by molar-refractivity contribution is 7.13. The van der Waals surface area contributed by atoms with Crippen LogP contribution in [0.3, 0.4) is 0 Å². The molecule has 2 fully saturated rings. The smallest absolute Gasteiger partial charge is 0.248 e. The van der Waals surface area contributed by atoms with Gasteiger partial charge in [0.1, 0.15) is 6.04 Å². The SMILES string of the molecule is O=C(Cc1csc(NC(=O)[C@H]2CCC(=O)N2)n1)NCC1CCCCC1. The third kappa shape index (κ3) is 5.26. The van der Waals surface area contributed by atoms with Gasteiger partial charge in [-0.15, -0.1) is 11.3 Å². The lowest BCUT2D eigenvalue weighted by atomic mass is 9.89. The van der Waals surface area contributed by atoms with Gasteiger partial charge in [-0.1, -0.05) is 19.3 Å². The molecule has 8 heteroatoms. The van der Waals surface area contributed by atoms with E-state index in [4.69, 9.17) is 0 Å². The summed E-state index contributed by atoms with van der Waals surface area (Å²) >= 11 is 1.29. The molecule has 1 aromatic rings. The fraction of sp³-hybridized carbons (Fsp3) is 0.647. The molecule has 2 aliphatic rings. The van der Waals surface area contributed by atoms with E-state index in [-0.39, 0.29) is 24.1 Å². The number of rotatable bonds is 6. The van der Waals surface area contributed by atoms with Crippen LogP contribution < -0.4 is 16.0 Å². The molecule has 25 heavy (non-hydrogen) atoms. The van der Waals surface area contributed by atoms with Crippen LogP contribution in [0.5, 0.6) is 0 Å². The Hall–Kier alpha value is -1.96. The maximum Gasteiger partial charge on any atom is 0.248 e. The van der Waals surface area contributed by atoms with Crippen molar-refractivity contribution in [3.05, 3.63) is 11.1 Å². The maximum absolute atomic E-state index is 12.1. The summed E-state index contributed by atoms with van der Waals surface area (Å²) in [4.78, 5) is 39.5. The predicted octanol–water partition coefficient (Wildman–Crippen LogP) is 1.60. The number of nitrogens with one attached hydrogen (secondary N) is 3. The summed E-state index contributed by atoms with van der Waals surface area (Å²) in [6.45, 7) is 0.744. The summed E-state index contributed by atoms with van der Waals surface area (Å²) in [5, 5.41) is 10.6. The highest BCUT2D eigenvalue weighted by Crippen LogP contribution is 2.23. The molecule has 3 N–H and O–H groups in total. The van der Waals surface area contributed by atoms with Gasteiger partial charge >= 0.3 is 0 Å². The maximum atomic E-state index is 12.1. The van der Waals surface area contributed by atoms with Crippen LogP contribution in [0.4, 0.5) is 5.13 Å². The molecule has 1 atom stereocenters. The van der Waals surface area contributed by atoms with Gasteiger partial charge in [-0.05, 0) is 25.2 Å². The van der Waals surface area contributed by atoms with E-state index in [1.54, 1.807) is 5.38 Å². The molecule has 0 radical (unpaired) electrons. The summed E-state index contributed by atoms with van der Waals surface area (Å²) in [6, 6.07) is -0.487. The molecule has 136 valence electrons. The average molecular weight is 364 g/mol. The van der Waals surface area contributed by atoms with E-state index in [2.05, 4.69) is 20.9 Å². The van der Waals surface area contributed by atoms with Crippen molar-refractivity contribution in [1.82, 2.24) is 15.6 Å². The zero-order valence-corrected chi connectivity index (χ0v) is 15.0. The number of anilines is 1. The van der Waals surface area contributed by atoms with Gasteiger partial charge in [0.15, 0.2) is 5.13 Å². The molecule has 7 nitrogen and oxygen atoms in total. The van der Waals surface area contributed by atoms with E-state index >= 15 is 0 Å². The first kappa shape index (κ1) is 17.8. The summed E-state index contributed by atoms with van der Waals surface area (Å²) in [5.41, 5.74) is 0.650. The van der Waals surface area contributed by atoms with Crippen LogP contribution in [0, 0.1) is 5.92 Å². The highest BCUT2D eigenvalue weighted by atomic mass is 32.1. The van der Waals surface area contributed by atoms with Gasteiger partial charge in [0.05, 0.1) is 12.1 Å². The summed E-state index contributed by atoms with van der Waals surface area (Å²) < 4.78 is 0. The van der Waals surface area contributed by atoms with Crippen molar-refractivity contribution in [2.45, 2.75) is 57.4 Å². The molecule has 1 saturated carbocycles. The average Bonchev–Trinajstić information content (AvgIpc) is 3.23. The number of amides is 3. The van der Waals surface area contributed by atoms with Crippen LogP contribution in [0.25, 0.3) is 0 Å². The molecule has 1 aliphatic heterocycles. The van der Waals surface area contributed by atoms with E-state index in [1.165, 1.54) is 43.4 Å². The number of aromatic nitrogens is 1. The molecule has 0 unspecified atom stereocenters. The molecule has 1 aromatic heterocycles. The minimum atomic E-state index is -0.487. The Labute approximate surface area is 151 Å². The summed E-state index contributed by atoms with van der Waals surface area (Å²) in [7, 11) is 0. The molecule has 2 heterocycles. The van der Waals surface area contributed by atoms with Gasteiger partial charge in [-0.3, -0.25) is 14.4 Å². The number of carbonyl (C=O) groups excluding carboxylic acids is 3. The van der Waals surface area contributed by atoms with E-state index in [0.29, 0.717) is 29.6 Å². The number of hydrogen-bond acceptors (Lipinski definition) is 5. The molecule has 1 saturated heterocycles. The van der Waals surface area contributed by atoms with Crippen molar-refractivity contribution in [2.75, 3.05) is 11.9 Å². The lowest BCUT2D eigenvalue weighted by molar-refractivity contribution is -0.122. The summed E-state index contributed by atoms with van der Waals surface area (Å²) in [6.07, 6.45) is 7.33. The van der Waals surface area contributed by atoms with Crippen molar-refractivity contribution in [1.29, 1.82) is 0 Å². The molecule has 0 aromatic carbocycles. The van der Waals surface area contributed by atoms with Crippen LogP contribution in [0.2, 0.25) is 0 Å². The van der Waals surface area contributed by atoms with E-state index in [1.807, 2.05) is 0 Å². The standard InChI is InChI=1S/C17H24N4O3S/c22-14-7-6-13(20-14)16(24)21-17-19-12(10-25-17)8-15(23)18-9-11-4-2-1-3-5-11/h10-11,13H,1-9H2,(H,18,23)(H,20,22)(H,19,21,24)/t13-/m1/s1. The number of thiazole rings is 1. The first-order chi connectivity index (χ1) is 12.1. The second-order valence-electron chi connectivity index (χ2n) is 6.78. The topological polar surface area (TPSA) is 100 Å². The van der Waals surface area contributed by atoms with Gasteiger partial charge in [-0.2, -0.15) is 0 Å². The number of carbonyl (C=O) groups is 3. The van der Waals surface area contributed by atoms with Crippen LogP contribution in [-0.4, -0.2) is 35.3 Å². The molecule has 1 aliphatic carbocycles. The zero-order valence-electron chi connectivity index (χ0n) is 14.2. The Balaban J connectivity index is 1.42. The molecule has 3 rings (SSSR count). The third-order valence-corrected chi connectivity index (χ3v) is 5.55. The van der Waals surface area contributed by atoms with Crippen molar-refractivity contribution >= 4 is 34.2 Å². The van der Waals surface area contributed by atoms with Crippen LogP contribution in [0.15, 0.2) is 5.38 Å². The number of nitrogens with zero attached hydrogens (tertiary/aromatic N) is 1. The monoisotopic (exact) mass is 364 g/mol. The van der Waals surface area contributed by atoms with Crippen LogP contribution >= 0.6 is 11.3 Å². The van der Waals surface area contributed by atoms with Crippen molar-refractivity contribution < 1.29 is 14.4 Å². The summed E-state index contributed by atoms with van der Waals surface area (Å²) in [5.74, 6) is 0.213. The first-order valence-electron chi connectivity index (χ1n) is 8.91. The fourth-order valence-electron chi connectivity index (χ4n) is 3.33. The lowest BCUT2D eigenvalue weighted by Crippen LogP contribution is -2.37. The van der Waals surface area contributed by atoms with E-state index < -0.39 is 6.04 Å². The molecule has 3 amide bonds. The van der Waals surface area contributed by atoms with Gasteiger partial charge in [0, 0.05) is 18.3 Å². The van der Waals surface area contributed by atoms with Crippen molar-refractivity contribution in [3.63, 3.8) is 0 Å². The molecule has 0 bridgehead atoms. The van der Waals surface area contributed by atoms with Crippen molar-refractivity contribution in [3.8, 4) is 0 Å². The minimum Gasteiger partial charge on any atom is -0.355 e.